The topological polar surface area (TPSA) is 60.7 Å². The van der Waals surface area contributed by atoms with Gasteiger partial charge in [-0.25, -0.2) is 0 Å². The minimum atomic E-state index is -0.556. The van der Waals surface area contributed by atoms with Crippen LogP contribution in [-0.4, -0.2) is 33.1 Å². The van der Waals surface area contributed by atoms with Gasteiger partial charge in [-0.1, -0.05) is 45.3 Å². The monoisotopic (exact) mass is 418 g/mol. The zero-order chi connectivity index (χ0) is 21.9. The molecule has 3 fully saturated rings. The van der Waals surface area contributed by atoms with Gasteiger partial charge in [-0.2, -0.15) is 0 Å². The second-order valence-corrected chi connectivity index (χ2v) is 12.7. The van der Waals surface area contributed by atoms with Crippen molar-refractivity contribution in [1.82, 2.24) is 0 Å². The Labute approximate surface area is 184 Å². The van der Waals surface area contributed by atoms with Crippen molar-refractivity contribution < 1.29 is 15.3 Å². The molecule has 0 amide bonds. The molecule has 4 aliphatic rings. The Kier molecular flexibility index (Phi) is 5.99. The van der Waals surface area contributed by atoms with E-state index < -0.39 is 5.60 Å². The molecule has 0 bridgehead atoms. The second-order valence-electron chi connectivity index (χ2n) is 12.7. The Morgan fingerprint density at radius 1 is 1.07 bits per heavy atom. The van der Waals surface area contributed by atoms with Crippen LogP contribution in [0.1, 0.15) is 98.8 Å². The van der Waals surface area contributed by atoms with E-state index in [9.17, 15) is 15.3 Å². The summed E-state index contributed by atoms with van der Waals surface area (Å²) in [7, 11) is 0. The van der Waals surface area contributed by atoms with Crippen molar-refractivity contribution in [2.75, 3.05) is 0 Å². The van der Waals surface area contributed by atoms with Crippen molar-refractivity contribution in [3.05, 3.63) is 11.6 Å². The maximum absolute atomic E-state index is 11.3. The Morgan fingerprint density at radius 3 is 2.50 bits per heavy atom. The second kappa shape index (κ2) is 7.89. The number of fused-ring (bicyclic) bond motifs is 5. The van der Waals surface area contributed by atoms with Crippen molar-refractivity contribution in [2.24, 2.45) is 40.4 Å². The van der Waals surface area contributed by atoms with Crippen molar-refractivity contribution in [2.45, 2.75) is 117 Å². The lowest BCUT2D eigenvalue weighted by molar-refractivity contribution is -0.0971. The molecule has 2 unspecified atom stereocenters. The maximum atomic E-state index is 11.3. The predicted molar refractivity (Wildman–Crippen MR) is 122 cm³/mol. The van der Waals surface area contributed by atoms with Gasteiger partial charge < -0.3 is 15.3 Å². The van der Waals surface area contributed by atoms with Crippen LogP contribution < -0.4 is 0 Å². The third-order valence-electron chi connectivity index (χ3n) is 10.3. The standard InChI is InChI=1S/C27H46O3/c1-17(7-6-12-25(2,3)30)20-8-9-21-24-22(11-14-27(20,21)5)26(4)13-10-19(28)15-18(26)16-23(24)29/h16-17,19-24,28-30H,6-15H2,1-5H3/t17-,19?,20-,21+,22+,23?,24+,26+,27-/m1/s1. The van der Waals surface area contributed by atoms with E-state index in [1.165, 1.54) is 37.7 Å². The van der Waals surface area contributed by atoms with E-state index in [1.807, 2.05) is 13.8 Å². The molecule has 172 valence electrons. The van der Waals surface area contributed by atoms with Gasteiger partial charge in [-0.3, -0.25) is 0 Å². The molecule has 3 N–H and O–H groups in total. The summed E-state index contributed by atoms with van der Waals surface area (Å²) >= 11 is 0. The van der Waals surface area contributed by atoms with Crippen LogP contribution in [0.15, 0.2) is 11.6 Å². The van der Waals surface area contributed by atoms with Crippen LogP contribution in [0.4, 0.5) is 0 Å². The lowest BCUT2D eigenvalue weighted by atomic mass is 9.46. The molecule has 0 radical (unpaired) electrons. The number of aliphatic hydroxyl groups is 3. The van der Waals surface area contributed by atoms with Crippen molar-refractivity contribution >= 4 is 0 Å². The highest BCUT2D eigenvalue weighted by Crippen LogP contribution is 2.67. The molecule has 4 rings (SSSR count). The molecule has 0 aromatic heterocycles. The maximum Gasteiger partial charge on any atom is 0.0757 e. The summed E-state index contributed by atoms with van der Waals surface area (Å²) in [5.74, 6) is 3.01. The highest BCUT2D eigenvalue weighted by Gasteiger charge is 2.61. The predicted octanol–water partition coefficient (Wildman–Crippen LogP) is 5.47. The third-order valence-corrected chi connectivity index (χ3v) is 10.3. The van der Waals surface area contributed by atoms with Gasteiger partial charge in [0.15, 0.2) is 0 Å². The summed E-state index contributed by atoms with van der Waals surface area (Å²) in [6, 6.07) is 0. The minimum absolute atomic E-state index is 0.181. The van der Waals surface area contributed by atoms with E-state index in [0.29, 0.717) is 29.1 Å². The fourth-order valence-electron chi connectivity index (χ4n) is 8.66. The average molecular weight is 419 g/mol. The zero-order valence-corrected chi connectivity index (χ0v) is 20.0. The average Bonchev–Trinajstić information content (AvgIpc) is 2.99. The molecule has 0 spiro atoms. The summed E-state index contributed by atoms with van der Waals surface area (Å²) in [6.45, 7) is 11.2. The molecule has 4 aliphatic carbocycles. The first kappa shape index (κ1) is 22.8. The summed E-state index contributed by atoms with van der Waals surface area (Å²) in [4.78, 5) is 0. The molecule has 0 saturated heterocycles. The van der Waals surface area contributed by atoms with Crippen molar-refractivity contribution in [3.8, 4) is 0 Å². The van der Waals surface area contributed by atoms with Gasteiger partial charge in [0.05, 0.1) is 17.8 Å². The first-order chi connectivity index (χ1) is 14.0. The molecule has 0 aromatic carbocycles. The minimum Gasteiger partial charge on any atom is -0.393 e. The molecule has 30 heavy (non-hydrogen) atoms. The fourth-order valence-corrected chi connectivity index (χ4v) is 8.66. The largest absolute Gasteiger partial charge is 0.393 e. The van der Waals surface area contributed by atoms with E-state index in [2.05, 4.69) is 26.8 Å². The van der Waals surface area contributed by atoms with Crippen LogP contribution >= 0.6 is 0 Å². The van der Waals surface area contributed by atoms with Gasteiger partial charge in [0.1, 0.15) is 0 Å². The van der Waals surface area contributed by atoms with Crippen LogP contribution in [-0.2, 0) is 0 Å². The molecule has 3 saturated carbocycles. The molecule has 9 atom stereocenters. The van der Waals surface area contributed by atoms with Crippen LogP contribution in [0, 0.1) is 40.4 Å². The molecule has 3 heteroatoms. The quantitative estimate of drug-likeness (QED) is 0.519. The Morgan fingerprint density at radius 2 is 1.80 bits per heavy atom. The number of hydrogen-bond acceptors (Lipinski definition) is 3. The highest BCUT2D eigenvalue weighted by atomic mass is 16.3. The van der Waals surface area contributed by atoms with Crippen LogP contribution in [0.2, 0.25) is 0 Å². The van der Waals surface area contributed by atoms with Crippen molar-refractivity contribution in [3.63, 3.8) is 0 Å². The summed E-state index contributed by atoms with van der Waals surface area (Å²) < 4.78 is 0. The Balaban J connectivity index is 1.52. The first-order valence-corrected chi connectivity index (χ1v) is 12.8. The van der Waals surface area contributed by atoms with E-state index in [4.69, 9.17) is 0 Å². The summed E-state index contributed by atoms with van der Waals surface area (Å²) in [5.41, 5.74) is 1.31. The third kappa shape index (κ3) is 3.82. The summed E-state index contributed by atoms with van der Waals surface area (Å²) in [6.07, 6.45) is 12.6. The van der Waals surface area contributed by atoms with E-state index >= 15 is 0 Å². The van der Waals surface area contributed by atoms with Gasteiger partial charge >= 0.3 is 0 Å². The molecule has 3 nitrogen and oxygen atoms in total. The van der Waals surface area contributed by atoms with Gasteiger partial charge in [0.2, 0.25) is 0 Å². The number of aliphatic hydroxyl groups excluding tert-OH is 2. The Bertz CT molecular complexity index is 664. The molecule has 0 aromatic rings. The number of hydrogen-bond donors (Lipinski definition) is 3. The van der Waals surface area contributed by atoms with Gasteiger partial charge in [0.25, 0.3) is 0 Å². The van der Waals surface area contributed by atoms with Gasteiger partial charge in [-0.05, 0) is 106 Å². The first-order valence-electron chi connectivity index (χ1n) is 12.8. The SMILES string of the molecule is C[C@H](CCCC(C)(C)O)[C@H]1CC[C@H]2[C@@H]3C(O)C=C4CC(O)CC[C@]4(C)[C@H]3CC[C@]12C. The van der Waals surface area contributed by atoms with Crippen LogP contribution in [0.25, 0.3) is 0 Å². The van der Waals surface area contributed by atoms with Crippen LogP contribution in [0.5, 0.6) is 0 Å². The van der Waals surface area contributed by atoms with E-state index in [-0.39, 0.29) is 17.6 Å². The number of rotatable bonds is 5. The van der Waals surface area contributed by atoms with E-state index in [1.54, 1.807) is 0 Å². The zero-order valence-electron chi connectivity index (χ0n) is 20.0. The molecule has 0 heterocycles. The van der Waals surface area contributed by atoms with Crippen LogP contribution in [0.3, 0.4) is 0 Å². The molecular weight excluding hydrogens is 372 g/mol. The van der Waals surface area contributed by atoms with Crippen molar-refractivity contribution in [1.29, 1.82) is 0 Å². The van der Waals surface area contributed by atoms with Gasteiger partial charge in [0, 0.05) is 0 Å². The lowest BCUT2D eigenvalue weighted by Gasteiger charge is -2.59. The normalized spacial score (nSPS) is 47.1. The highest BCUT2D eigenvalue weighted by molar-refractivity contribution is 5.27. The smallest absolute Gasteiger partial charge is 0.0757 e. The summed E-state index contributed by atoms with van der Waals surface area (Å²) in [5, 5.41) is 31.6. The van der Waals surface area contributed by atoms with E-state index in [0.717, 1.165) is 38.0 Å². The van der Waals surface area contributed by atoms with Gasteiger partial charge in [-0.15, -0.1) is 0 Å². The lowest BCUT2D eigenvalue weighted by Crippen LogP contribution is -2.54. The fraction of sp³-hybridized carbons (Fsp3) is 0.926. The Hall–Kier alpha value is -0.380. The molecular formula is C27H46O3. The molecule has 0 aliphatic heterocycles.